The fourth-order valence-electron chi connectivity index (χ4n) is 1.58. The predicted octanol–water partition coefficient (Wildman–Crippen LogP) is 1.42. The van der Waals surface area contributed by atoms with E-state index in [-0.39, 0.29) is 6.67 Å². The standard InChI is InChI=1S/C10H21FN2/c1-2-13(10-4-5-10)9-8-12-7-3-6-11/h10,12H,2-9H2,1H3. The molecule has 2 nitrogen and oxygen atoms in total. The lowest BCUT2D eigenvalue weighted by Crippen LogP contribution is -2.34. The second-order valence-corrected chi connectivity index (χ2v) is 3.65. The molecule has 13 heavy (non-hydrogen) atoms. The highest BCUT2D eigenvalue weighted by atomic mass is 19.1. The van der Waals surface area contributed by atoms with Crippen LogP contribution in [0.1, 0.15) is 26.2 Å². The number of likely N-dealkylation sites (N-methyl/N-ethyl adjacent to an activating group) is 1. The first-order valence-electron chi connectivity index (χ1n) is 5.39. The Bertz CT molecular complexity index is 126. The van der Waals surface area contributed by atoms with Crippen LogP contribution < -0.4 is 5.32 Å². The smallest absolute Gasteiger partial charge is 0.0906 e. The minimum absolute atomic E-state index is 0.201. The van der Waals surface area contributed by atoms with E-state index in [0.717, 1.165) is 32.2 Å². The van der Waals surface area contributed by atoms with Crippen molar-refractivity contribution in [1.82, 2.24) is 10.2 Å². The largest absolute Gasteiger partial charge is 0.315 e. The van der Waals surface area contributed by atoms with Crippen molar-refractivity contribution in [2.24, 2.45) is 0 Å². The molecule has 0 saturated heterocycles. The van der Waals surface area contributed by atoms with Crippen molar-refractivity contribution in [2.45, 2.75) is 32.2 Å². The lowest BCUT2D eigenvalue weighted by molar-refractivity contribution is 0.276. The first-order valence-corrected chi connectivity index (χ1v) is 5.39. The van der Waals surface area contributed by atoms with Gasteiger partial charge in [0.05, 0.1) is 6.67 Å². The number of halogens is 1. The lowest BCUT2D eigenvalue weighted by atomic mass is 10.4. The molecule has 0 aromatic heterocycles. The summed E-state index contributed by atoms with van der Waals surface area (Å²) in [6.45, 7) is 6.10. The maximum absolute atomic E-state index is 11.7. The summed E-state index contributed by atoms with van der Waals surface area (Å²) in [5.74, 6) is 0. The number of nitrogens with zero attached hydrogens (tertiary/aromatic N) is 1. The van der Waals surface area contributed by atoms with Gasteiger partial charge in [0, 0.05) is 19.1 Å². The van der Waals surface area contributed by atoms with E-state index in [9.17, 15) is 4.39 Å². The fraction of sp³-hybridized carbons (Fsp3) is 1.00. The monoisotopic (exact) mass is 188 g/mol. The van der Waals surface area contributed by atoms with E-state index < -0.39 is 0 Å². The van der Waals surface area contributed by atoms with Gasteiger partial charge in [0.1, 0.15) is 0 Å². The third-order valence-corrected chi connectivity index (χ3v) is 2.53. The predicted molar refractivity (Wildman–Crippen MR) is 53.7 cm³/mol. The summed E-state index contributed by atoms with van der Waals surface area (Å²) in [6.07, 6.45) is 3.40. The summed E-state index contributed by atoms with van der Waals surface area (Å²) in [4.78, 5) is 2.50. The average Bonchev–Trinajstić information content (AvgIpc) is 2.95. The molecule has 0 heterocycles. The third kappa shape index (κ3) is 4.58. The van der Waals surface area contributed by atoms with Gasteiger partial charge in [0.25, 0.3) is 0 Å². The Hall–Kier alpha value is -0.150. The highest BCUT2D eigenvalue weighted by molar-refractivity contribution is 4.83. The van der Waals surface area contributed by atoms with Gasteiger partial charge >= 0.3 is 0 Å². The Labute approximate surface area is 80.5 Å². The molecule has 1 fully saturated rings. The van der Waals surface area contributed by atoms with Crippen molar-refractivity contribution < 1.29 is 4.39 Å². The minimum Gasteiger partial charge on any atom is -0.315 e. The lowest BCUT2D eigenvalue weighted by Gasteiger charge is -2.19. The highest BCUT2D eigenvalue weighted by Gasteiger charge is 2.26. The molecule has 3 heteroatoms. The van der Waals surface area contributed by atoms with Gasteiger partial charge < -0.3 is 5.32 Å². The summed E-state index contributed by atoms with van der Waals surface area (Å²) < 4.78 is 11.7. The molecule has 1 N–H and O–H groups in total. The molecule has 1 saturated carbocycles. The van der Waals surface area contributed by atoms with Crippen LogP contribution in [0, 0.1) is 0 Å². The fourth-order valence-corrected chi connectivity index (χ4v) is 1.58. The number of hydrogen-bond acceptors (Lipinski definition) is 2. The van der Waals surface area contributed by atoms with Crippen molar-refractivity contribution in [3.8, 4) is 0 Å². The number of nitrogens with one attached hydrogen (secondary N) is 1. The molecule has 0 spiro atoms. The Morgan fingerprint density at radius 1 is 1.38 bits per heavy atom. The van der Waals surface area contributed by atoms with Crippen LogP contribution in [0.25, 0.3) is 0 Å². The molecule has 0 bridgehead atoms. The van der Waals surface area contributed by atoms with Crippen molar-refractivity contribution in [2.75, 3.05) is 32.9 Å². The quantitative estimate of drug-likeness (QED) is 0.580. The van der Waals surface area contributed by atoms with E-state index in [1.807, 2.05) is 0 Å². The first-order chi connectivity index (χ1) is 6.38. The molecule has 0 radical (unpaired) electrons. The van der Waals surface area contributed by atoms with E-state index in [1.165, 1.54) is 12.8 Å². The normalized spacial score (nSPS) is 16.8. The summed E-state index contributed by atoms with van der Waals surface area (Å²) in [6, 6.07) is 0.855. The number of rotatable bonds is 8. The van der Waals surface area contributed by atoms with Gasteiger partial charge in [-0.15, -0.1) is 0 Å². The zero-order valence-corrected chi connectivity index (χ0v) is 8.56. The van der Waals surface area contributed by atoms with Gasteiger partial charge in [-0.1, -0.05) is 6.92 Å². The van der Waals surface area contributed by atoms with Crippen molar-refractivity contribution >= 4 is 0 Å². The molecule has 0 aromatic rings. The zero-order valence-electron chi connectivity index (χ0n) is 8.56. The molecule has 0 atom stereocenters. The number of hydrogen-bond donors (Lipinski definition) is 1. The molecule has 0 aliphatic heterocycles. The zero-order chi connectivity index (χ0) is 9.52. The van der Waals surface area contributed by atoms with E-state index in [1.54, 1.807) is 0 Å². The molecule has 0 amide bonds. The second kappa shape index (κ2) is 6.33. The average molecular weight is 188 g/mol. The van der Waals surface area contributed by atoms with Gasteiger partial charge in [-0.05, 0) is 32.4 Å². The molecular weight excluding hydrogens is 167 g/mol. The van der Waals surface area contributed by atoms with Gasteiger partial charge in [-0.2, -0.15) is 0 Å². The van der Waals surface area contributed by atoms with Crippen LogP contribution in [-0.2, 0) is 0 Å². The van der Waals surface area contributed by atoms with Gasteiger partial charge in [0.2, 0.25) is 0 Å². The molecule has 1 rings (SSSR count). The van der Waals surface area contributed by atoms with Crippen LogP contribution in [-0.4, -0.2) is 43.8 Å². The third-order valence-electron chi connectivity index (χ3n) is 2.53. The topological polar surface area (TPSA) is 15.3 Å². The van der Waals surface area contributed by atoms with Gasteiger partial charge in [0.15, 0.2) is 0 Å². The van der Waals surface area contributed by atoms with E-state index in [4.69, 9.17) is 0 Å². The van der Waals surface area contributed by atoms with Crippen LogP contribution in [0.4, 0.5) is 4.39 Å². The summed E-state index contributed by atoms with van der Waals surface area (Å²) in [7, 11) is 0. The van der Waals surface area contributed by atoms with Crippen molar-refractivity contribution in [3.63, 3.8) is 0 Å². The van der Waals surface area contributed by atoms with E-state index in [2.05, 4.69) is 17.1 Å². The first kappa shape index (κ1) is 10.9. The van der Waals surface area contributed by atoms with Crippen LogP contribution >= 0.6 is 0 Å². The van der Waals surface area contributed by atoms with Gasteiger partial charge in [-0.25, -0.2) is 0 Å². The maximum Gasteiger partial charge on any atom is 0.0906 e. The minimum atomic E-state index is -0.201. The van der Waals surface area contributed by atoms with E-state index in [0.29, 0.717) is 6.42 Å². The van der Waals surface area contributed by atoms with Crippen LogP contribution in [0.5, 0.6) is 0 Å². The molecule has 1 aliphatic rings. The molecular formula is C10H21FN2. The molecule has 0 unspecified atom stereocenters. The molecule has 0 aromatic carbocycles. The SMILES string of the molecule is CCN(CCNCCCF)C1CC1. The number of alkyl halides is 1. The maximum atomic E-state index is 11.7. The van der Waals surface area contributed by atoms with E-state index >= 15 is 0 Å². The van der Waals surface area contributed by atoms with Crippen molar-refractivity contribution in [3.05, 3.63) is 0 Å². The summed E-state index contributed by atoms with van der Waals surface area (Å²) in [5.41, 5.74) is 0. The van der Waals surface area contributed by atoms with Crippen LogP contribution in [0.3, 0.4) is 0 Å². The second-order valence-electron chi connectivity index (χ2n) is 3.65. The Morgan fingerprint density at radius 2 is 2.15 bits per heavy atom. The Morgan fingerprint density at radius 3 is 2.69 bits per heavy atom. The Balaban J connectivity index is 1.90. The summed E-state index contributed by atoms with van der Waals surface area (Å²) in [5, 5.41) is 3.25. The summed E-state index contributed by atoms with van der Waals surface area (Å²) >= 11 is 0. The highest BCUT2D eigenvalue weighted by Crippen LogP contribution is 2.25. The van der Waals surface area contributed by atoms with Gasteiger partial charge in [-0.3, -0.25) is 9.29 Å². The Kier molecular flexibility index (Phi) is 5.32. The van der Waals surface area contributed by atoms with Crippen LogP contribution in [0.2, 0.25) is 0 Å². The van der Waals surface area contributed by atoms with Crippen LogP contribution in [0.15, 0.2) is 0 Å². The van der Waals surface area contributed by atoms with Crippen molar-refractivity contribution in [1.29, 1.82) is 0 Å². The molecule has 78 valence electrons. The molecule has 1 aliphatic carbocycles.